The molecule has 0 saturated carbocycles. The molecule has 0 saturated heterocycles. The number of rotatable bonds is 6. The molecule has 7 heteroatoms. The van der Waals surface area contributed by atoms with Gasteiger partial charge in [-0.25, -0.2) is 14.2 Å². The van der Waals surface area contributed by atoms with Gasteiger partial charge in [-0.05, 0) is 48.9 Å². The van der Waals surface area contributed by atoms with Crippen LogP contribution < -0.4 is 5.32 Å². The number of para-hydroxylation sites is 2. The van der Waals surface area contributed by atoms with Gasteiger partial charge in [0.05, 0.1) is 16.6 Å². The topological polar surface area (TPSA) is 84.1 Å². The predicted molar refractivity (Wildman–Crippen MR) is 116 cm³/mol. The van der Waals surface area contributed by atoms with Crippen molar-refractivity contribution in [2.45, 2.75) is 19.4 Å². The molecule has 0 aliphatic heterocycles. The summed E-state index contributed by atoms with van der Waals surface area (Å²) in [6.07, 6.45) is -0.716. The number of hydrogen-bond donors (Lipinski definition) is 2. The first-order valence-corrected chi connectivity index (χ1v) is 9.86. The zero-order valence-electron chi connectivity index (χ0n) is 16.8. The minimum Gasteiger partial charge on any atom is -0.449 e. The van der Waals surface area contributed by atoms with E-state index >= 15 is 0 Å². The van der Waals surface area contributed by atoms with Crippen molar-refractivity contribution in [2.24, 2.45) is 0 Å². The second kappa shape index (κ2) is 8.79. The number of esters is 1. The second-order valence-electron chi connectivity index (χ2n) is 6.95. The molecule has 0 aliphatic carbocycles. The van der Waals surface area contributed by atoms with E-state index in [-0.39, 0.29) is 6.42 Å². The van der Waals surface area contributed by atoms with E-state index < -0.39 is 23.8 Å². The maximum atomic E-state index is 13.1. The number of carbonyl (C=O) groups is 2. The predicted octanol–water partition coefficient (Wildman–Crippen LogP) is 4.94. The van der Waals surface area contributed by atoms with E-state index in [1.54, 1.807) is 31.2 Å². The van der Waals surface area contributed by atoms with E-state index in [4.69, 9.17) is 4.74 Å². The number of H-pyrrole nitrogens is 1. The number of halogens is 1. The Hall–Kier alpha value is -4.00. The highest BCUT2D eigenvalue weighted by Gasteiger charge is 2.24. The quantitative estimate of drug-likeness (QED) is 0.435. The molecule has 6 nitrogen and oxygen atoms in total. The Morgan fingerprint density at radius 3 is 2.48 bits per heavy atom. The maximum absolute atomic E-state index is 13.1. The van der Waals surface area contributed by atoms with Gasteiger partial charge in [-0.1, -0.05) is 37.3 Å². The van der Waals surface area contributed by atoms with Crippen LogP contribution in [-0.4, -0.2) is 27.9 Å². The second-order valence-corrected chi connectivity index (χ2v) is 6.95. The number of fused-ring (bicyclic) bond motifs is 1. The maximum Gasteiger partial charge on any atom is 0.339 e. The van der Waals surface area contributed by atoms with Gasteiger partial charge in [0.15, 0.2) is 6.10 Å². The number of hydrogen-bond acceptors (Lipinski definition) is 4. The monoisotopic (exact) mass is 417 g/mol. The smallest absolute Gasteiger partial charge is 0.339 e. The van der Waals surface area contributed by atoms with Gasteiger partial charge in [-0.3, -0.25) is 4.79 Å². The molecule has 3 aromatic carbocycles. The van der Waals surface area contributed by atoms with Crippen LogP contribution in [0.1, 0.15) is 23.7 Å². The van der Waals surface area contributed by atoms with Gasteiger partial charge >= 0.3 is 5.97 Å². The van der Waals surface area contributed by atoms with Crippen molar-refractivity contribution in [2.75, 3.05) is 5.32 Å². The molecule has 0 bridgehead atoms. The first kappa shape index (κ1) is 20.3. The van der Waals surface area contributed by atoms with E-state index in [1.807, 2.05) is 24.3 Å². The van der Waals surface area contributed by atoms with Gasteiger partial charge in [-0.2, -0.15) is 0 Å². The molecule has 0 radical (unpaired) electrons. The van der Waals surface area contributed by atoms with E-state index in [9.17, 15) is 14.0 Å². The number of anilines is 1. The van der Waals surface area contributed by atoms with Crippen LogP contribution in [0.3, 0.4) is 0 Å². The first-order chi connectivity index (χ1) is 15.0. The Balaban J connectivity index is 1.55. The number of nitrogens with one attached hydrogen (secondary N) is 2. The molecule has 1 aromatic heterocycles. The third-order valence-corrected chi connectivity index (χ3v) is 4.82. The lowest BCUT2D eigenvalue weighted by Crippen LogP contribution is -2.32. The fourth-order valence-corrected chi connectivity index (χ4v) is 3.22. The number of ether oxygens (including phenoxy) is 1. The SMILES string of the molecule is CCC(OC(=O)c1ccccc1-c1nc2ccccc2[nH]1)C(=O)Nc1ccc(F)cc1. The minimum atomic E-state index is -0.999. The summed E-state index contributed by atoms with van der Waals surface area (Å²) in [6.45, 7) is 1.74. The van der Waals surface area contributed by atoms with Gasteiger partial charge in [0, 0.05) is 11.3 Å². The van der Waals surface area contributed by atoms with Crippen molar-refractivity contribution in [3.63, 3.8) is 0 Å². The van der Waals surface area contributed by atoms with Gasteiger partial charge in [0.1, 0.15) is 11.6 Å². The van der Waals surface area contributed by atoms with Crippen molar-refractivity contribution in [3.05, 3.63) is 84.2 Å². The van der Waals surface area contributed by atoms with Crippen molar-refractivity contribution in [3.8, 4) is 11.4 Å². The zero-order chi connectivity index (χ0) is 21.8. The van der Waals surface area contributed by atoms with Crippen LogP contribution in [0.25, 0.3) is 22.4 Å². The Morgan fingerprint density at radius 2 is 1.74 bits per heavy atom. The van der Waals surface area contributed by atoms with Gasteiger partial charge < -0.3 is 15.0 Å². The molecule has 4 rings (SSSR count). The van der Waals surface area contributed by atoms with Crippen LogP contribution in [0.2, 0.25) is 0 Å². The number of nitrogens with zero attached hydrogens (tertiary/aromatic N) is 1. The average Bonchev–Trinajstić information content (AvgIpc) is 3.23. The Labute approximate surface area is 178 Å². The van der Waals surface area contributed by atoms with E-state index in [2.05, 4.69) is 15.3 Å². The fourth-order valence-electron chi connectivity index (χ4n) is 3.22. The van der Waals surface area contributed by atoms with Crippen molar-refractivity contribution < 1.29 is 18.7 Å². The van der Waals surface area contributed by atoms with Crippen LogP contribution >= 0.6 is 0 Å². The largest absolute Gasteiger partial charge is 0.449 e. The number of imidazole rings is 1. The number of carbonyl (C=O) groups excluding carboxylic acids is 2. The molecule has 0 aliphatic rings. The van der Waals surface area contributed by atoms with Crippen LogP contribution in [0.15, 0.2) is 72.8 Å². The van der Waals surface area contributed by atoms with Gasteiger partial charge in [-0.15, -0.1) is 0 Å². The molecule has 2 N–H and O–H groups in total. The van der Waals surface area contributed by atoms with Crippen molar-refractivity contribution in [1.29, 1.82) is 0 Å². The van der Waals surface area contributed by atoms with Crippen LogP contribution in [0, 0.1) is 5.82 Å². The Bertz CT molecular complexity index is 1200. The summed E-state index contributed by atoms with van der Waals surface area (Å²) >= 11 is 0. The highest BCUT2D eigenvalue weighted by Crippen LogP contribution is 2.25. The standard InChI is InChI=1S/C24H20FN3O3/c1-2-21(23(29)26-16-13-11-15(25)12-14-16)31-24(30)18-8-4-3-7-17(18)22-27-19-9-5-6-10-20(19)28-22/h3-14,21H,2H2,1H3,(H,26,29)(H,27,28). The van der Waals surface area contributed by atoms with Gasteiger partial charge in [0.2, 0.25) is 0 Å². The molecule has 1 atom stereocenters. The third kappa shape index (κ3) is 4.45. The zero-order valence-corrected chi connectivity index (χ0v) is 16.8. The molecule has 4 aromatic rings. The Kier molecular flexibility index (Phi) is 5.75. The van der Waals surface area contributed by atoms with E-state index in [0.29, 0.717) is 22.6 Å². The summed E-state index contributed by atoms with van der Waals surface area (Å²) < 4.78 is 18.6. The summed E-state index contributed by atoms with van der Waals surface area (Å²) in [4.78, 5) is 33.3. The lowest BCUT2D eigenvalue weighted by Gasteiger charge is -2.17. The van der Waals surface area contributed by atoms with Crippen LogP contribution in [0.4, 0.5) is 10.1 Å². The first-order valence-electron chi connectivity index (χ1n) is 9.86. The van der Waals surface area contributed by atoms with E-state index in [1.165, 1.54) is 24.3 Å². The number of aromatic nitrogens is 2. The summed E-state index contributed by atoms with van der Waals surface area (Å²) in [5.74, 6) is -0.975. The third-order valence-electron chi connectivity index (χ3n) is 4.82. The van der Waals surface area contributed by atoms with Gasteiger partial charge in [0.25, 0.3) is 5.91 Å². The molecule has 1 unspecified atom stereocenters. The number of amides is 1. The Morgan fingerprint density at radius 1 is 1.03 bits per heavy atom. The molecule has 1 heterocycles. The molecule has 0 spiro atoms. The molecular formula is C24H20FN3O3. The summed E-state index contributed by atoms with van der Waals surface area (Å²) in [5, 5.41) is 2.64. The molecule has 1 amide bonds. The van der Waals surface area contributed by atoms with Crippen molar-refractivity contribution in [1.82, 2.24) is 9.97 Å². The van der Waals surface area contributed by atoms with Crippen LogP contribution in [-0.2, 0) is 9.53 Å². The average molecular weight is 417 g/mol. The normalized spacial score (nSPS) is 11.8. The molecular weight excluding hydrogens is 397 g/mol. The van der Waals surface area contributed by atoms with Crippen LogP contribution in [0.5, 0.6) is 0 Å². The minimum absolute atomic E-state index is 0.283. The lowest BCUT2D eigenvalue weighted by molar-refractivity contribution is -0.124. The number of aromatic amines is 1. The van der Waals surface area contributed by atoms with Crippen molar-refractivity contribution >= 4 is 28.6 Å². The molecule has 31 heavy (non-hydrogen) atoms. The lowest BCUT2D eigenvalue weighted by atomic mass is 10.1. The summed E-state index contributed by atoms with van der Waals surface area (Å²) in [7, 11) is 0. The number of benzene rings is 3. The molecule has 0 fully saturated rings. The fraction of sp³-hybridized carbons (Fsp3) is 0.125. The highest BCUT2D eigenvalue weighted by molar-refractivity contribution is 6.00. The van der Waals surface area contributed by atoms with E-state index in [0.717, 1.165) is 11.0 Å². The summed E-state index contributed by atoms with van der Waals surface area (Å²) in [5.41, 5.74) is 2.94. The highest BCUT2D eigenvalue weighted by atomic mass is 19.1. The summed E-state index contributed by atoms with van der Waals surface area (Å²) in [6, 6.07) is 19.9. The molecule has 156 valence electrons.